The molecule has 1 aliphatic carbocycles. The highest BCUT2D eigenvalue weighted by Gasteiger charge is 2.22. The zero-order chi connectivity index (χ0) is 13.4. The molecule has 0 bridgehead atoms. The van der Waals surface area contributed by atoms with Crippen LogP contribution in [0.3, 0.4) is 0 Å². The molecule has 0 heterocycles. The number of hydrogen-bond acceptors (Lipinski definition) is 3. The van der Waals surface area contributed by atoms with Crippen LogP contribution in [0, 0.1) is 5.92 Å². The van der Waals surface area contributed by atoms with E-state index in [4.69, 9.17) is 4.74 Å². The zero-order valence-corrected chi connectivity index (χ0v) is 12.3. The fourth-order valence-electron chi connectivity index (χ4n) is 2.70. The van der Waals surface area contributed by atoms with Gasteiger partial charge in [0, 0.05) is 12.6 Å². The molecule has 4 atom stereocenters. The van der Waals surface area contributed by atoms with E-state index in [0.717, 1.165) is 12.8 Å². The van der Waals surface area contributed by atoms with Crippen molar-refractivity contribution >= 4 is 0 Å². The van der Waals surface area contributed by atoms with Gasteiger partial charge in [-0.1, -0.05) is 33.1 Å². The summed E-state index contributed by atoms with van der Waals surface area (Å²) >= 11 is 0. The quantitative estimate of drug-likeness (QED) is 0.702. The van der Waals surface area contributed by atoms with Crippen LogP contribution < -0.4 is 5.32 Å². The summed E-state index contributed by atoms with van der Waals surface area (Å²) in [4.78, 5) is 0. The van der Waals surface area contributed by atoms with Crippen molar-refractivity contribution < 1.29 is 9.84 Å². The number of nitrogens with one attached hydrogen (secondary N) is 1. The van der Waals surface area contributed by atoms with Gasteiger partial charge in [-0.25, -0.2) is 0 Å². The van der Waals surface area contributed by atoms with Gasteiger partial charge in [0.25, 0.3) is 0 Å². The molecule has 18 heavy (non-hydrogen) atoms. The predicted octanol–water partition coefficient (Wildman–Crippen LogP) is 2.72. The van der Waals surface area contributed by atoms with Gasteiger partial charge in [-0.2, -0.15) is 0 Å². The highest BCUT2D eigenvalue weighted by atomic mass is 16.5. The van der Waals surface area contributed by atoms with E-state index in [1.54, 1.807) is 0 Å². The number of ether oxygens (including phenoxy) is 1. The van der Waals surface area contributed by atoms with Gasteiger partial charge < -0.3 is 15.2 Å². The first-order valence-corrected chi connectivity index (χ1v) is 7.66. The minimum absolute atomic E-state index is 0.362. The highest BCUT2D eigenvalue weighted by molar-refractivity contribution is 4.73. The fraction of sp³-hybridized carbons (Fsp3) is 1.00. The maximum atomic E-state index is 9.90. The molecule has 0 amide bonds. The standard InChI is InChI=1S/C15H31NO2/c1-4-7-13(3)16-10-14(17)11-18-15-9-6-5-8-12(15)2/h12-17H,4-11H2,1-3H3. The molecule has 0 aliphatic heterocycles. The Labute approximate surface area is 112 Å². The molecular formula is C15H31NO2. The Morgan fingerprint density at radius 1 is 1.33 bits per heavy atom. The topological polar surface area (TPSA) is 41.5 Å². The van der Waals surface area contributed by atoms with Crippen molar-refractivity contribution in [2.45, 2.75) is 77.5 Å². The molecule has 0 radical (unpaired) electrons. The normalized spacial score (nSPS) is 28.0. The van der Waals surface area contributed by atoms with Crippen molar-refractivity contribution in [1.82, 2.24) is 5.32 Å². The monoisotopic (exact) mass is 257 g/mol. The van der Waals surface area contributed by atoms with Crippen LogP contribution in [0.1, 0.15) is 59.3 Å². The highest BCUT2D eigenvalue weighted by Crippen LogP contribution is 2.26. The number of rotatable bonds is 8. The lowest BCUT2D eigenvalue weighted by atomic mass is 9.88. The van der Waals surface area contributed by atoms with Crippen LogP contribution in [0.4, 0.5) is 0 Å². The Hall–Kier alpha value is -0.120. The fourth-order valence-corrected chi connectivity index (χ4v) is 2.70. The maximum Gasteiger partial charge on any atom is 0.0897 e. The van der Waals surface area contributed by atoms with Crippen LogP contribution >= 0.6 is 0 Å². The summed E-state index contributed by atoms with van der Waals surface area (Å²) in [6, 6.07) is 0.484. The summed E-state index contributed by atoms with van der Waals surface area (Å²) in [7, 11) is 0. The summed E-state index contributed by atoms with van der Waals surface area (Å²) < 4.78 is 5.86. The first kappa shape index (κ1) is 15.9. The Morgan fingerprint density at radius 3 is 2.72 bits per heavy atom. The minimum atomic E-state index is -0.376. The molecule has 1 aliphatic rings. The summed E-state index contributed by atoms with van der Waals surface area (Å²) in [5, 5.41) is 13.2. The lowest BCUT2D eigenvalue weighted by Crippen LogP contribution is -2.37. The summed E-state index contributed by atoms with van der Waals surface area (Å²) in [6.45, 7) is 7.73. The molecule has 0 spiro atoms. The van der Waals surface area contributed by atoms with E-state index in [9.17, 15) is 5.11 Å². The van der Waals surface area contributed by atoms with Crippen molar-refractivity contribution in [3.63, 3.8) is 0 Å². The lowest BCUT2D eigenvalue weighted by molar-refractivity contribution is -0.0455. The maximum absolute atomic E-state index is 9.90. The van der Waals surface area contributed by atoms with Crippen LogP contribution in [0.15, 0.2) is 0 Å². The van der Waals surface area contributed by atoms with Crippen molar-refractivity contribution in [2.75, 3.05) is 13.2 Å². The van der Waals surface area contributed by atoms with Crippen LogP contribution in [0.5, 0.6) is 0 Å². The van der Waals surface area contributed by atoms with Gasteiger partial charge >= 0.3 is 0 Å². The first-order chi connectivity index (χ1) is 8.63. The third-order valence-corrected chi connectivity index (χ3v) is 3.96. The zero-order valence-electron chi connectivity index (χ0n) is 12.3. The molecular weight excluding hydrogens is 226 g/mol. The molecule has 1 rings (SSSR count). The van der Waals surface area contributed by atoms with E-state index in [1.807, 2.05) is 0 Å². The predicted molar refractivity (Wildman–Crippen MR) is 75.8 cm³/mol. The molecule has 3 heteroatoms. The number of aliphatic hydroxyl groups excluding tert-OH is 1. The summed E-state index contributed by atoms with van der Waals surface area (Å²) in [5.41, 5.74) is 0. The Bertz CT molecular complexity index is 211. The van der Waals surface area contributed by atoms with E-state index in [1.165, 1.54) is 25.7 Å². The van der Waals surface area contributed by atoms with Crippen molar-refractivity contribution in [1.29, 1.82) is 0 Å². The van der Waals surface area contributed by atoms with E-state index in [0.29, 0.717) is 31.2 Å². The molecule has 1 fully saturated rings. The van der Waals surface area contributed by atoms with Crippen molar-refractivity contribution in [3.8, 4) is 0 Å². The molecule has 108 valence electrons. The van der Waals surface area contributed by atoms with Crippen molar-refractivity contribution in [2.24, 2.45) is 5.92 Å². The number of aliphatic hydroxyl groups is 1. The van der Waals surface area contributed by atoms with Gasteiger partial charge in [0.15, 0.2) is 0 Å². The van der Waals surface area contributed by atoms with Crippen molar-refractivity contribution in [3.05, 3.63) is 0 Å². The van der Waals surface area contributed by atoms with E-state index in [2.05, 4.69) is 26.1 Å². The SMILES string of the molecule is CCCC(C)NCC(O)COC1CCCCC1C. The molecule has 2 N–H and O–H groups in total. The largest absolute Gasteiger partial charge is 0.389 e. The average molecular weight is 257 g/mol. The van der Waals surface area contributed by atoms with Crippen LogP contribution in [-0.2, 0) is 4.74 Å². The van der Waals surface area contributed by atoms with Gasteiger partial charge in [-0.15, -0.1) is 0 Å². The summed E-state index contributed by atoms with van der Waals surface area (Å²) in [5.74, 6) is 0.651. The molecule has 4 unspecified atom stereocenters. The van der Waals surface area contributed by atoms with Gasteiger partial charge in [0.2, 0.25) is 0 Å². The summed E-state index contributed by atoms with van der Waals surface area (Å²) in [6.07, 6.45) is 7.37. The first-order valence-electron chi connectivity index (χ1n) is 7.66. The van der Waals surface area contributed by atoms with E-state index < -0.39 is 0 Å². The molecule has 3 nitrogen and oxygen atoms in total. The third kappa shape index (κ3) is 6.17. The second-order valence-corrected chi connectivity index (χ2v) is 5.89. The van der Waals surface area contributed by atoms with Crippen LogP contribution in [-0.4, -0.2) is 36.5 Å². The Balaban J connectivity index is 2.10. The Kier molecular flexibility index (Phi) is 7.87. The van der Waals surface area contributed by atoms with Crippen LogP contribution in [0.25, 0.3) is 0 Å². The van der Waals surface area contributed by atoms with E-state index in [-0.39, 0.29) is 6.10 Å². The molecule has 0 aromatic rings. The van der Waals surface area contributed by atoms with Gasteiger partial charge in [0.05, 0.1) is 18.8 Å². The molecule has 0 aromatic heterocycles. The third-order valence-electron chi connectivity index (χ3n) is 3.96. The van der Waals surface area contributed by atoms with Gasteiger partial charge in [0.1, 0.15) is 0 Å². The second-order valence-electron chi connectivity index (χ2n) is 5.89. The minimum Gasteiger partial charge on any atom is -0.389 e. The second kappa shape index (κ2) is 8.89. The molecule has 1 saturated carbocycles. The lowest BCUT2D eigenvalue weighted by Gasteiger charge is -2.29. The average Bonchev–Trinajstić information content (AvgIpc) is 2.36. The van der Waals surface area contributed by atoms with Gasteiger partial charge in [-0.3, -0.25) is 0 Å². The Morgan fingerprint density at radius 2 is 2.06 bits per heavy atom. The van der Waals surface area contributed by atoms with E-state index >= 15 is 0 Å². The molecule has 0 aromatic carbocycles. The number of hydrogen-bond donors (Lipinski definition) is 2. The molecule has 0 saturated heterocycles. The van der Waals surface area contributed by atoms with Gasteiger partial charge in [-0.05, 0) is 32.1 Å². The smallest absolute Gasteiger partial charge is 0.0897 e. The van der Waals surface area contributed by atoms with Crippen LogP contribution in [0.2, 0.25) is 0 Å².